The molecule has 0 atom stereocenters. The number of unbranched alkanes of at least 4 members (excludes halogenated alkanes) is 2. The zero-order chi connectivity index (χ0) is 15.2. The van der Waals surface area contributed by atoms with Gasteiger partial charge in [-0.15, -0.1) is 0 Å². The van der Waals surface area contributed by atoms with Crippen LogP contribution in [0.15, 0.2) is 33.6 Å². The fourth-order valence-corrected chi connectivity index (χ4v) is 3.13. The van der Waals surface area contributed by atoms with Gasteiger partial charge >= 0.3 is 0 Å². The summed E-state index contributed by atoms with van der Waals surface area (Å²) in [6.07, 6.45) is 3.03. The van der Waals surface area contributed by atoms with Crippen LogP contribution in [0.2, 0.25) is 0 Å². The molecule has 0 radical (unpaired) electrons. The van der Waals surface area contributed by atoms with E-state index in [9.17, 15) is 8.42 Å². The Morgan fingerprint density at radius 1 is 1.05 bits per heavy atom. The SMILES string of the molecule is C[N+](C)(C)CCCCCNS(=O)(=O)c1ccc(Br)cc1. The lowest BCUT2D eigenvalue weighted by Gasteiger charge is -2.23. The van der Waals surface area contributed by atoms with Crippen LogP contribution in [0.1, 0.15) is 19.3 Å². The lowest BCUT2D eigenvalue weighted by atomic mass is 10.2. The predicted molar refractivity (Wildman–Crippen MR) is 86.1 cm³/mol. The first kappa shape index (κ1) is 17.6. The van der Waals surface area contributed by atoms with Crippen molar-refractivity contribution in [2.75, 3.05) is 34.2 Å². The van der Waals surface area contributed by atoms with Crippen molar-refractivity contribution in [3.63, 3.8) is 0 Å². The maximum Gasteiger partial charge on any atom is 0.240 e. The molecule has 20 heavy (non-hydrogen) atoms. The van der Waals surface area contributed by atoms with Crippen molar-refractivity contribution in [3.05, 3.63) is 28.7 Å². The van der Waals surface area contributed by atoms with Crippen LogP contribution in [-0.4, -0.2) is 47.1 Å². The van der Waals surface area contributed by atoms with E-state index in [4.69, 9.17) is 0 Å². The highest BCUT2D eigenvalue weighted by Gasteiger charge is 2.12. The van der Waals surface area contributed by atoms with E-state index in [1.165, 1.54) is 0 Å². The van der Waals surface area contributed by atoms with E-state index in [1.54, 1.807) is 24.3 Å². The van der Waals surface area contributed by atoms with Crippen molar-refractivity contribution in [1.82, 2.24) is 4.72 Å². The standard InChI is InChI=1S/C14H24BrN2O2S/c1-17(2,3)12-6-4-5-11-16-20(18,19)14-9-7-13(15)8-10-14/h7-10,16H,4-6,11-12H2,1-3H3/q+1. The first-order chi connectivity index (χ1) is 9.21. The number of quaternary nitrogens is 1. The third kappa shape index (κ3) is 6.83. The molecule has 1 aromatic rings. The Hall–Kier alpha value is -0.430. The van der Waals surface area contributed by atoms with Crippen molar-refractivity contribution in [3.8, 4) is 0 Å². The molecule has 114 valence electrons. The van der Waals surface area contributed by atoms with Gasteiger partial charge in [-0.05, 0) is 43.5 Å². The molecule has 0 aliphatic rings. The molecular formula is C14H24BrN2O2S+. The third-order valence-electron chi connectivity index (χ3n) is 2.92. The van der Waals surface area contributed by atoms with Crippen LogP contribution < -0.4 is 4.72 Å². The first-order valence-corrected chi connectivity index (χ1v) is 9.04. The molecule has 1 N–H and O–H groups in total. The van der Waals surface area contributed by atoms with E-state index in [2.05, 4.69) is 41.8 Å². The summed E-state index contributed by atoms with van der Waals surface area (Å²) in [6, 6.07) is 6.67. The lowest BCUT2D eigenvalue weighted by molar-refractivity contribution is -0.870. The van der Waals surface area contributed by atoms with E-state index >= 15 is 0 Å². The topological polar surface area (TPSA) is 46.2 Å². The van der Waals surface area contributed by atoms with Gasteiger partial charge in [0, 0.05) is 11.0 Å². The summed E-state index contributed by atoms with van der Waals surface area (Å²) < 4.78 is 28.5. The highest BCUT2D eigenvalue weighted by Crippen LogP contribution is 2.14. The summed E-state index contributed by atoms with van der Waals surface area (Å²) in [5.74, 6) is 0. The number of halogens is 1. The van der Waals surface area contributed by atoms with Gasteiger partial charge in [-0.2, -0.15) is 0 Å². The van der Waals surface area contributed by atoms with E-state index in [0.717, 1.165) is 34.8 Å². The van der Waals surface area contributed by atoms with Crippen LogP contribution in [0.3, 0.4) is 0 Å². The van der Waals surface area contributed by atoms with E-state index in [-0.39, 0.29) is 0 Å². The Bertz CT molecular complexity index is 507. The number of rotatable bonds is 8. The summed E-state index contributed by atoms with van der Waals surface area (Å²) in [5.41, 5.74) is 0. The quantitative estimate of drug-likeness (QED) is 0.569. The number of nitrogens with zero attached hydrogens (tertiary/aromatic N) is 1. The molecule has 0 aliphatic carbocycles. The molecule has 0 heterocycles. The van der Waals surface area contributed by atoms with Crippen LogP contribution >= 0.6 is 15.9 Å². The van der Waals surface area contributed by atoms with Gasteiger partial charge in [-0.25, -0.2) is 13.1 Å². The monoisotopic (exact) mass is 363 g/mol. The molecule has 0 fully saturated rings. The van der Waals surface area contributed by atoms with Crippen molar-refractivity contribution >= 4 is 26.0 Å². The van der Waals surface area contributed by atoms with Gasteiger partial charge in [-0.3, -0.25) is 0 Å². The number of nitrogens with one attached hydrogen (secondary N) is 1. The molecule has 0 unspecified atom stereocenters. The maximum atomic E-state index is 12.0. The molecule has 0 saturated carbocycles. The zero-order valence-electron chi connectivity index (χ0n) is 12.4. The van der Waals surface area contributed by atoms with Crippen molar-refractivity contribution in [1.29, 1.82) is 0 Å². The lowest BCUT2D eigenvalue weighted by Crippen LogP contribution is -2.35. The second-order valence-electron chi connectivity index (χ2n) is 5.93. The average Bonchev–Trinajstić information content (AvgIpc) is 2.33. The molecule has 0 saturated heterocycles. The number of hydrogen-bond acceptors (Lipinski definition) is 2. The van der Waals surface area contributed by atoms with Gasteiger partial charge in [0.1, 0.15) is 0 Å². The normalized spacial score (nSPS) is 12.6. The molecule has 0 spiro atoms. The Morgan fingerprint density at radius 2 is 1.65 bits per heavy atom. The summed E-state index contributed by atoms with van der Waals surface area (Å²) in [6.45, 7) is 1.61. The minimum atomic E-state index is -3.37. The van der Waals surface area contributed by atoms with Crippen LogP contribution in [0.5, 0.6) is 0 Å². The van der Waals surface area contributed by atoms with Crippen LogP contribution in [0.25, 0.3) is 0 Å². The highest BCUT2D eigenvalue weighted by molar-refractivity contribution is 9.10. The molecular weight excluding hydrogens is 340 g/mol. The van der Waals surface area contributed by atoms with E-state index in [0.29, 0.717) is 11.4 Å². The zero-order valence-corrected chi connectivity index (χ0v) is 14.8. The van der Waals surface area contributed by atoms with Crippen LogP contribution in [-0.2, 0) is 10.0 Å². The minimum absolute atomic E-state index is 0.312. The predicted octanol–water partition coefficient (Wildman–Crippen LogP) is 2.60. The molecule has 0 amide bonds. The van der Waals surface area contributed by atoms with Gasteiger partial charge in [-0.1, -0.05) is 15.9 Å². The number of sulfonamides is 1. The Labute approximate surface area is 130 Å². The first-order valence-electron chi connectivity index (χ1n) is 6.76. The van der Waals surface area contributed by atoms with Crippen LogP contribution in [0.4, 0.5) is 0 Å². The highest BCUT2D eigenvalue weighted by atomic mass is 79.9. The maximum absolute atomic E-state index is 12.0. The average molecular weight is 364 g/mol. The number of benzene rings is 1. The summed E-state index contributed by atoms with van der Waals surface area (Å²) in [7, 11) is 3.12. The molecule has 1 rings (SSSR count). The second-order valence-corrected chi connectivity index (χ2v) is 8.61. The molecule has 1 aromatic carbocycles. The Kier molecular flexibility index (Phi) is 6.64. The second kappa shape index (κ2) is 7.54. The molecule has 0 aliphatic heterocycles. The smallest absolute Gasteiger partial charge is 0.240 e. The fourth-order valence-electron chi connectivity index (χ4n) is 1.79. The van der Waals surface area contributed by atoms with Gasteiger partial charge in [0.25, 0.3) is 0 Å². The summed E-state index contributed by atoms with van der Waals surface area (Å²) in [5, 5.41) is 0. The Morgan fingerprint density at radius 3 is 2.20 bits per heavy atom. The van der Waals surface area contributed by atoms with E-state index in [1.807, 2.05) is 0 Å². The van der Waals surface area contributed by atoms with Crippen LogP contribution in [0, 0.1) is 0 Å². The van der Waals surface area contributed by atoms with Gasteiger partial charge < -0.3 is 4.48 Å². The van der Waals surface area contributed by atoms with Crippen molar-refractivity contribution < 1.29 is 12.9 Å². The Balaban J connectivity index is 2.32. The van der Waals surface area contributed by atoms with E-state index < -0.39 is 10.0 Å². The summed E-state index contributed by atoms with van der Waals surface area (Å²) in [4.78, 5) is 0.312. The fraction of sp³-hybridized carbons (Fsp3) is 0.571. The number of hydrogen-bond donors (Lipinski definition) is 1. The molecule has 0 aromatic heterocycles. The molecule has 0 bridgehead atoms. The van der Waals surface area contributed by atoms with Gasteiger partial charge in [0.2, 0.25) is 10.0 Å². The summed E-state index contributed by atoms with van der Waals surface area (Å²) >= 11 is 3.29. The van der Waals surface area contributed by atoms with Crippen molar-refractivity contribution in [2.45, 2.75) is 24.2 Å². The third-order valence-corrected chi connectivity index (χ3v) is 4.93. The van der Waals surface area contributed by atoms with Crippen molar-refractivity contribution in [2.24, 2.45) is 0 Å². The van der Waals surface area contributed by atoms with Gasteiger partial charge in [0.05, 0.1) is 32.6 Å². The molecule has 4 nitrogen and oxygen atoms in total. The van der Waals surface area contributed by atoms with Gasteiger partial charge in [0.15, 0.2) is 0 Å². The molecule has 6 heteroatoms. The minimum Gasteiger partial charge on any atom is -0.331 e. The largest absolute Gasteiger partial charge is 0.331 e.